The van der Waals surface area contributed by atoms with E-state index in [0.29, 0.717) is 5.92 Å². The first-order valence-electron chi connectivity index (χ1n) is 7.68. The Morgan fingerprint density at radius 3 is 2.57 bits per heavy atom. The minimum Gasteiger partial charge on any atom is -0.481 e. The van der Waals surface area contributed by atoms with Crippen LogP contribution >= 0.6 is 15.9 Å². The Bertz CT molecular complexity index is 474. The third kappa shape index (κ3) is 4.30. The maximum absolute atomic E-state index is 11.5. The Kier molecular flexibility index (Phi) is 5.82. The third-order valence-electron chi connectivity index (χ3n) is 4.73. The van der Waals surface area contributed by atoms with Gasteiger partial charge < -0.3 is 5.11 Å². The predicted molar refractivity (Wildman–Crippen MR) is 88.2 cm³/mol. The zero-order chi connectivity index (χ0) is 15.4. The minimum atomic E-state index is -0.641. The summed E-state index contributed by atoms with van der Waals surface area (Å²) in [7, 11) is 2.06. The predicted octanol–water partition coefficient (Wildman–Crippen LogP) is 4.16. The Labute approximate surface area is 135 Å². The van der Waals surface area contributed by atoms with Crippen LogP contribution < -0.4 is 0 Å². The van der Waals surface area contributed by atoms with Crippen LogP contribution in [0.25, 0.3) is 0 Å². The number of halogens is 1. The van der Waals surface area contributed by atoms with E-state index in [9.17, 15) is 9.90 Å². The molecule has 1 aliphatic rings. The molecule has 1 aromatic rings. The fourth-order valence-corrected chi connectivity index (χ4v) is 3.64. The van der Waals surface area contributed by atoms with Gasteiger partial charge in [0.2, 0.25) is 0 Å². The van der Waals surface area contributed by atoms with E-state index in [2.05, 4.69) is 46.9 Å². The van der Waals surface area contributed by atoms with Gasteiger partial charge in [-0.2, -0.15) is 0 Å². The van der Waals surface area contributed by atoms with Crippen molar-refractivity contribution >= 4 is 21.9 Å². The fraction of sp³-hybridized carbons (Fsp3) is 0.588. The number of hydrogen-bond donors (Lipinski definition) is 1. The van der Waals surface area contributed by atoms with Crippen LogP contribution in [0.3, 0.4) is 0 Å². The van der Waals surface area contributed by atoms with Gasteiger partial charge in [0.05, 0.1) is 5.92 Å². The first-order valence-corrected chi connectivity index (χ1v) is 8.48. The topological polar surface area (TPSA) is 40.5 Å². The van der Waals surface area contributed by atoms with E-state index in [1.807, 2.05) is 12.1 Å². The highest BCUT2D eigenvalue weighted by molar-refractivity contribution is 9.10. The molecule has 21 heavy (non-hydrogen) atoms. The molecule has 0 saturated heterocycles. The average molecular weight is 354 g/mol. The van der Waals surface area contributed by atoms with Gasteiger partial charge in [0.15, 0.2) is 0 Å². The molecule has 1 aromatic carbocycles. The summed E-state index contributed by atoms with van der Waals surface area (Å²) in [6.45, 7) is 3.01. The molecule has 1 aliphatic carbocycles. The molecular formula is C17H24BrNO2. The largest absolute Gasteiger partial charge is 0.481 e. The van der Waals surface area contributed by atoms with Crippen molar-refractivity contribution < 1.29 is 9.90 Å². The van der Waals surface area contributed by atoms with Crippen LogP contribution in [0.2, 0.25) is 0 Å². The molecule has 0 spiro atoms. The Balaban J connectivity index is 2.07. The summed E-state index contributed by atoms with van der Waals surface area (Å²) >= 11 is 3.44. The first kappa shape index (κ1) is 16.5. The van der Waals surface area contributed by atoms with Crippen molar-refractivity contribution in [2.75, 3.05) is 7.05 Å². The normalized spacial score (nSPS) is 26.0. The van der Waals surface area contributed by atoms with Gasteiger partial charge in [0, 0.05) is 17.1 Å². The summed E-state index contributed by atoms with van der Waals surface area (Å²) in [6, 6.07) is 8.40. The number of hydrogen-bond acceptors (Lipinski definition) is 2. The summed E-state index contributed by atoms with van der Waals surface area (Å²) in [5, 5.41) is 9.49. The number of carbonyl (C=O) groups is 1. The number of nitrogens with zero attached hydrogens (tertiary/aromatic N) is 1. The first-order chi connectivity index (χ1) is 10.0. The van der Waals surface area contributed by atoms with Crippen molar-refractivity contribution in [1.82, 2.24) is 4.90 Å². The molecule has 0 aromatic heterocycles. The number of rotatable bonds is 5. The van der Waals surface area contributed by atoms with Gasteiger partial charge in [0.1, 0.15) is 0 Å². The molecular weight excluding hydrogens is 330 g/mol. The zero-order valence-corrected chi connectivity index (χ0v) is 14.3. The van der Waals surface area contributed by atoms with Crippen molar-refractivity contribution in [3.8, 4) is 0 Å². The lowest BCUT2D eigenvalue weighted by Crippen LogP contribution is -2.45. The fourth-order valence-electron chi connectivity index (χ4n) is 3.37. The molecule has 0 bridgehead atoms. The molecule has 116 valence electrons. The van der Waals surface area contributed by atoms with E-state index in [4.69, 9.17) is 0 Å². The Hall–Kier alpha value is -0.870. The van der Waals surface area contributed by atoms with E-state index < -0.39 is 5.97 Å². The summed E-state index contributed by atoms with van der Waals surface area (Å²) in [4.78, 5) is 13.8. The molecule has 0 aliphatic heterocycles. The van der Waals surface area contributed by atoms with E-state index in [0.717, 1.165) is 36.7 Å². The summed E-state index contributed by atoms with van der Waals surface area (Å²) in [5.41, 5.74) is 1.23. The minimum absolute atomic E-state index is 0.143. The van der Waals surface area contributed by atoms with Crippen LogP contribution in [0.15, 0.2) is 28.7 Å². The van der Waals surface area contributed by atoms with E-state index in [-0.39, 0.29) is 12.0 Å². The van der Waals surface area contributed by atoms with Crippen molar-refractivity contribution in [1.29, 1.82) is 0 Å². The monoisotopic (exact) mass is 353 g/mol. The SMILES string of the molecule is CCC1CCC(C(=O)O)C(N(C)Cc2ccc(Br)cc2)C1. The number of aliphatic carboxylic acids is 1. The van der Waals surface area contributed by atoms with Gasteiger partial charge in [-0.15, -0.1) is 0 Å². The summed E-state index contributed by atoms with van der Waals surface area (Å²) in [6.07, 6.45) is 4.01. The highest BCUT2D eigenvalue weighted by atomic mass is 79.9. The van der Waals surface area contributed by atoms with Gasteiger partial charge in [-0.1, -0.05) is 41.4 Å². The molecule has 1 N–H and O–H groups in total. The van der Waals surface area contributed by atoms with Gasteiger partial charge in [-0.25, -0.2) is 0 Å². The molecule has 2 rings (SSSR count). The molecule has 1 saturated carbocycles. The van der Waals surface area contributed by atoms with Crippen LogP contribution in [0.5, 0.6) is 0 Å². The summed E-state index contributed by atoms with van der Waals surface area (Å²) in [5.74, 6) is -0.205. The van der Waals surface area contributed by atoms with Gasteiger partial charge >= 0.3 is 5.97 Å². The van der Waals surface area contributed by atoms with Crippen LogP contribution in [-0.4, -0.2) is 29.1 Å². The lowest BCUT2D eigenvalue weighted by molar-refractivity contribution is -0.146. The van der Waals surface area contributed by atoms with Crippen molar-refractivity contribution in [3.63, 3.8) is 0 Å². The smallest absolute Gasteiger partial charge is 0.308 e. The second kappa shape index (κ2) is 7.41. The highest BCUT2D eigenvalue weighted by Crippen LogP contribution is 2.34. The lowest BCUT2D eigenvalue weighted by atomic mass is 9.76. The van der Waals surface area contributed by atoms with E-state index in [1.165, 1.54) is 5.56 Å². The van der Waals surface area contributed by atoms with E-state index >= 15 is 0 Å². The highest BCUT2D eigenvalue weighted by Gasteiger charge is 2.36. The number of benzene rings is 1. The lowest BCUT2D eigenvalue weighted by Gasteiger charge is -2.39. The molecule has 0 heterocycles. The molecule has 0 amide bonds. The van der Waals surface area contributed by atoms with Crippen LogP contribution in [0.1, 0.15) is 38.2 Å². The zero-order valence-electron chi connectivity index (χ0n) is 12.8. The quantitative estimate of drug-likeness (QED) is 0.863. The van der Waals surface area contributed by atoms with E-state index in [1.54, 1.807) is 0 Å². The van der Waals surface area contributed by atoms with Crippen molar-refractivity contribution in [2.45, 2.75) is 45.2 Å². The number of carboxylic acid groups (broad SMARTS) is 1. The van der Waals surface area contributed by atoms with Crippen molar-refractivity contribution in [3.05, 3.63) is 34.3 Å². The number of carboxylic acids is 1. The molecule has 3 unspecified atom stereocenters. The average Bonchev–Trinajstić information content (AvgIpc) is 2.48. The molecule has 3 nitrogen and oxygen atoms in total. The maximum atomic E-state index is 11.5. The molecule has 0 radical (unpaired) electrons. The maximum Gasteiger partial charge on any atom is 0.308 e. The van der Waals surface area contributed by atoms with Gasteiger partial charge in [-0.05, 0) is 49.9 Å². The molecule has 4 heteroatoms. The van der Waals surface area contributed by atoms with Crippen molar-refractivity contribution in [2.24, 2.45) is 11.8 Å². The summed E-state index contributed by atoms with van der Waals surface area (Å²) < 4.78 is 1.07. The third-order valence-corrected chi connectivity index (χ3v) is 5.26. The standard InChI is InChI=1S/C17H24BrNO2/c1-3-12-6-9-15(17(20)21)16(10-12)19(2)11-13-4-7-14(18)8-5-13/h4-5,7-8,12,15-16H,3,6,9-11H2,1-2H3,(H,20,21). The van der Waals surface area contributed by atoms with Gasteiger partial charge in [-0.3, -0.25) is 9.69 Å². The van der Waals surface area contributed by atoms with Crippen LogP contribution in [0.4, 0.5) is 0 Å². The van der Waals surface area contributed by atoms with Gasteiger partial charge in [0.25, 0.3) is 0 Å². The van der Waals surface area contributed by atoms with Crippen LogP contribution in [-0.2, 0) is 11.3 Å². The molecule has 1 fully saturated rings. The van der Waals surface area contributed by atoms with Crippen LogP contribution in [0, 0.1) is 11.8 Å². The second-order valence-electron chi connectivity index (χ2n) is 6.14. The Morgan fingerprint density at radius 2 is 2.00 bits per heavy atom. The second-order valence-corrected chi connectivity index (χ2v) is 7.06. The Morgan fingerprint density at radius 1 is 1.33 bits per heavy atom. The molecule has 3 atom stereocenters.